The van der Waals surface area contributed by atoms with E-state index in [2.05, 4.69) is 10.6 Å². The smallest absolute Gasteiger partial charge is 0.262 e. The third-order valence-corrected chi connectivity index (χ3v) is 4.88. The number of hydrogen-bond acceptors (Lipinski definition) is 5. The average Bonchev–Trinajstić information content (AvgIpc) is 2.79. The number of benzene rings is 3. The Hall–Kier alpha value is -3.38. The van der Waals surface area contributed by atoms with Crippen LogP contribution in [0, 0.1) is 6.92 Å². The van der Waals surface area contributed by atoms with Crippen molar-refractivity contribution < 1.29 is 19.0 Å². The average molecular weight is 441 g/mol. The lowest BCUT2D eigenvalue weighted by Gasteiger charge is -2.14. The van der Waals surface area contributed by atoms with Crippen LogP contribution >= 0.6 is 11.6 Å². The van der Waals surface area contributed by atoms with Crippen LogP contribution in [0.5, 0.6) is 17.2 Å². The first-order chi connectivity index (χ1) is 15.0. The van der Waals surface area contributed by atoms with Crippen molar-refractivity contribution in [3.05, 3.63) is 76.8 Å². The summed E-state index contributed by atoms with van der Waals surface area (Å²) in [6.45, 7) is 2.36. The molecule has 0 aliphatic rings. The van der Waals surface area contributed by atoms with Crippen molar-refractivity contribution in [2.75, 3.05) is 31.5 Å². The molecule has 31 heavy (non-hydrogen) atoms. The van der Waals surface area contributed by atoms with Crippen molar-refractivity contribution in [2.24, 2.45) is 0 Å². The number of amides is 1. The molecule has 3 aromatic rings. The molecular formula is C24H25ClN2O4. The van der Waals surface area contributed by atoms with Gasteiger partial charge in [-0.2, -0.15) is 0 Å². The summed E-state index contributed by atoms with van der Waals surface area (Å²) in [6, 6.07) is 18.6. The van der Waals surface area contributed by atoms with Gasteiger partial charge in [-0.15, -0.1) is 0 Å². The summed E-state index contributed by atoms with van der Waals surface area (Å²) in [5, 5.41) is 6.71. The van der Waals surface area contributed by atoms with Gasteiger partial charge in [-0.25, -0.2) is 0 Å². The number of rotatable bonds is 9. The third kappa shape index (κ3) is 6.30. The van der Waals surface area contributed by atoms with Gasteiger partial charge < -0.3 is 24.8 Å². The van der Waals surface area contributed by atoms with Gasteiger partial charge in [0.15, 0.2) is 18.1 Å². The van der Waals surface area contributed by atoms with Crippen LogP contribution in [0.2, 0.25) is 5.02 Å². The van der Waals surface area contributed by atoms with E-state index in [0.29, 0.717) is 28.8 Å². The molecule has 0 aromatic heterocycles. The molecule has 0 spiro atoms. The topological polar surface area (TPSA) is 68.8 Å². The molecule has 0 radical (unpaired) electrons. The van der Waals surface area contributed by atoms with Gasteiger partial charge in [0.05, 0.1) is 14.2 Å². The SMILES string of the molecule is COc1ccc(NCc2ccc(OCC(=O)Nc3cc(Cl)ccc3C)c(OC)c2)cc1. The Kier molecular flexibility index (Phi) is 7.62. The summed E-state index contributed by atoms with van der Waals surface area (Å²) in [5.41, 5.74) is 3.57. The number of hydrogen-bond donors (Lipinski definition) is 2. The van der Waals surface area contributed by atoms with Crippen LogP contribution in [0.4, 0.5) is 11.4 Å². The quantitative estimate of drug-likeness (QED) is 0.472. The van der Waals surface area contributed by atoms with E-state index in [-0.39, 0.29) is 12.5 Å². The lowest BCUT2D eigenvalue weighted by molar-refractivity contribution is -0.118. The van der Waals surface area contributed by atoms with Crippen molar-refractivity contribution in [3.63, 3.8) is 0 Å². The Morgan fingerprint density at radius 1 is 0.935 bits per heavy atom. The van der Waals surface area contributed by atoms with Crippen molar-refractivity contribution in [2.45, 2.75) is 13.5 Å². The van der Waals surface area contributed by atoms with E-state index in [1.807, 2.05) is 49.4 Å². The second-order valence-corrected chi connectivity index (χ2v) is 7.30. The van der Waals surface area contributed by atoms with E-state index in [1.54, 1.807) is 32.4 Å². The van der Waals surface area contributed by atoms with Crippen molar-refractivity contribution in [3.8, 4) is 17.2 Å². The molecule has 2 N–H and O–H groups in total. The van der Waals surface area contributed by atoms with Crippen LogP contribution in [-0.4, -0.2) is 26.7 Å². The molecule has 0 saturated heterocycles. The number of ether oxygens (including phenoxy) is 3. The summed E-state index contributed by atoms with van der Waals surface area (Å²) >= 11 is 6.00. The molecule has 0 heterocycles. The molecule has 0 atom stereocenters. The Bertz CT molecular complexity index is 1040. The molecule has 0 bridgehead atoms. The molecule has 0 aliphatic carbocycles. The highest BCUT2D eigenvalue weighted by Gasteiger charge is 2.10. The van der Waals surface area contributed by atoms with Gasteiger partial charge in [-0.05, 0) is 66.6 Å². The van der Waals surface area contributed by atoms with Gasteiger partial charge in [0.2, 0.25) is 0 Å². The predicted molar refractivity (Wildman–Crippen MR) is 124 cm³/mol. The Labute approximate surface area is 187 Å². The van der Waals surface area contributed by atoms with Gasteiger partial charge in [0.1, 0.15) is 5.75 Å². The lowest BCUT2D eigenvalue weighted by atomic mass is 10.2. The molecule has 3 rings (SSSR count). The van der Waals surface area contributed by atoms with E-state index < -0.39 is 0 Å². The van der Waals surface area contributed by atoms with Gasteiger partial charge >= 0.3 is 0 Å². The minimum atomic E-state index is -0.280. The fraction of sp³-hybridized carbons (Fsp3) is 0.208. The Morgan fingerprint density at radius 3 is 2.42 bits per heavy atom. The molecule has 6 nitrogen and oxygen atoms in total. The van der Waals surface area contributed by atoms with Crippen LogP contribution < -0.4 is 24.8 Å². The van der Waals surface area contributed by atoms with Crippen LogP contribution in [0.25, 0.3) is 0 Å². The van der Waals surface area contributed by atoms with Crippen molar-refractivity contribution >= 4 is 28.9 Å². The molecule has 0 unspecified atom stereocenters. The monoisotopic (exact) mass is 440 g/mol. The van der Waals surface area contributed by atoms with Gasteiger partial charge in [-0.1, -0.05) is 23.7 Å². The maximum atomic E-state index is 12.3. The van der Waals surface area contributed by atoms with E-state index in [1.165, 1.54) is 0 Å². The molecule has 162 valence electrons. The second kappa shape index (κ2) is 10.6. The molecule has 7 heteroatoms. The first kappa shape index (κ1) is 22.3. The van der Waals surface area contributed by atoms with Gasteiger partial charge in [-0.3, -0.25) is 4.79 Å². The number of nitrogens with one attached hydrogen (secondary N) is 2. The number of methoxy groups -OCH3 is 2. The number of halogens is 1. The van der Waals surface area contributed by atoms with E-state index in [4.69, 9.17) is 25.8 Å². The normalized spacial score (nSPS) is 10.3. The standard InChI is InChI=1S/C24H25ClN2O4/c1-16-4-6-18(25)13-21(16)27-24(28)15-31-22-11-5-17(12-23(22)30-3)14-26-19-7-9-20(29-2)10-8-19/h4-13,26H,14-15H2,1-3H3,(H,27,28). The fourth-order valence-corrected chi connectivity index (χ4v) is 3.08. The van der Waals surface area contributed by atoms with Crippen LogP contribution in [0.3, 0.4) is 0 Å². The van der Waals surface area contributed by atoms with Crippen LogP contribution in [0.1, 0.15) is 11.1 Å². The number of carbonyl (C=O) groups is 1. The largest absolute Gasteiger partial charge is 0.497 e. The van der Waals surface area contributed by atoms with Crippen LogP contribution in [0.15, 0.2) is 60.7 Å². The lowest BCUT2D eigenvalue weighted by Crippen LogP contribution is -2.20. The number of anilines is 2. The highest BCUT2D eigenvalue weighted by Crippen LogP contribution is 2.29. The molecular weight excluding hydrogens is 416 g/mol. The summed E-state index contributed by atoms with van der Waals surface area (Å²) in [4.78, 5) is 12.3. The van der Waals surface area contributed by atoms with Gasteiger partial charge in [0, 0.05) is 22.9 Å². The highest BCUT2D eigenvalue weighted by atomic mass is 35.5. The minimum Gasteiger partial charge on any atom is -0.497 e. The maximum absolute atomic E-state index is 12.3. The summed E-state index contributed by atoms with van der Waals surface area (Å²) < 4.78 is 16.3. The molecule has 1 amide bonds. The summed E-state index contributed by atoms with van der Waals surface area (Å²) in [7, 11) is 3.21. The van der Waals surface area contributed by atoms with Crippen molar-refractivity contribution in [1.82, 2.24) is 0 Å². The van der Waals surface area contributed by atoms with Crippen molar-refractivity contribution in [1.29, 1.82) is 0 Å². The molecule has 0 fully saturated rings. The summed E-state index contributed by atoms with van der Waals surface area (Å²) in [6.07, 6.45) is 0. The summed E-state index contributed by atoms with van der Waals surface area (Å²) in [5.74, 6) is 1.58. The molecule has 3 aromatic carbocycles. The number of aryl methyl sites for hydroxylation is 1. The predicted octanol–water partition coefficient (Wildman–Crippen LogP) is 5.30. The highest BCUT2D eigenvalue weighted by molar-refractivity contribution is 6.31. The fourth-order valence-electron chi connectivity index (χ4n) is 2.91. The molecule has 0 saturated carbocycles. The zero-order chi connectivity index (χ0) is 22.2. The zero-order valence-corrected chi connectivity index (χ0v) is 18.5. The number of carbonyl (C=O) groups excluding carboxylic acids is 1. The first-order valence-corrected chi connectivity index (χ1v) is 10.1. The van der Waals surface area contributed by atoms with E-state index in [9.17, 15) is 4.79 Å². The van der Waals surface area contributed by atoms with E-state index >= 15 is 0 Å². The Balaban J connectivity index is 1.57. The van der Waals surface area contributed by atoms with Gasteiger partial charge in [0.25, 0.3) is 5.91 Å². The second-order valence-electron chi connectivity index (χ2n) is 6.86. The van der Waals surface area contributed by atoms with Crippen LogP contribution in [-0.2, 0) is 11.3 Å². The minimum absolute atomic E-state index is 0.147. The Morgan fingerprint density at radius 2 is 1.71 bits per heavy atom. The third-order valence-electron chi connectivity index (χ3n) is 4.65. The molecule has 0 aliphatic heterocycles. The van der Waals surface area contributed by atoms with E-state index in [0.717, 1.165) is 22.6 Å². The first-order valence-electron chi connectivity index (χ1n) is 9.72. The zero-order valence-electron chi connectivity index (χ0n) is 17.7. The maximum Gasteiger partial charge on any atom is 0.262 e.